The van der Waals surface area contributed by atoms with E-state index in [0.29, 0.717) is 19.5 Å². The first-order valence-electron chi connectivity index (χ1n) is 6.76. The van der Waals surface area contributed by atoms with Gasteiger partial charge in [0.25, 0.3) is 0 Å². The van der Waals surface area contributed by atoms with Gasteiger partial charge in [0.1, 0.15) is 11.4 Å². The van der Waals surface area contributed by atoms with E-state index in [4.69, 9.17) is 10.8 Å². The number of fused-ring (bicyclic) bond motifs is 1. The second-order valence-electron chi connectivity index (χ2n) is 5.56. The highest BCUT2D eigenvalue weighted by Crippen LogP contribution is 2.24. The van der Waals surface area contributed by atoms with Crippen molar-refractivity contribution in [3.05, 3.63) is 41.8 Å². The number of hydrogen-bond acceptors (Lipinski definition) is 4. The number of benzene rings is 1. The first kappa shape index (κ1) is 13.9. The molecule has 0 spiro atoms. The molecule has 5 nitrogen and oxygen atoms in total. The lowest BCUT2D eigenvalue weighted by molar-refractivity contribution is -0.142. The van der Waals surface area contributed by atoms with Crippen LogP contribution in [-0.4, -0.2) is 39.6 Å². The summed E-state index contributed by atoms with van der Waals surface area (Å²) in [7, 11) is 0. The highest BCUT2D eigenvalue weighted by molar-refractivity contribution is 5.82. The van der Waals surface area contributed by atoms with Crippen molar-refractivity contribution in [2.45, 2.75) is 18.5 Å². The summed E-state index contributed by atoms with van der Waals surface area (Å²) >= 11 is 0. The van der Waals surface area contributed by atoms with Gasteiger partial charge in [0.15, 0.2) is 0 Å². The van der Waals surface area contributed by atoms with Crippen LogP contribution in [0.15, 0.2) is 30.5 Å². The highest BCUT2D eigenvalue weighted by atomic mass is 19.1. The molecule has 1 aromatic heterocycles. The number of carbonyl (C=O) groups is 1. The molecule has 1 atom stereocenters. The molecule has 1 fully saturated rings. The Morgan fingerprint density at radius 1 is 1.52 bits per heavy atom. The maximum Gasteiger partial charge on any atom is 0.325 e. The molecule has 1 aromatic carbocycles. The van der Waals surface area contributed by atoms with Crippen molar-refractivity contribution >= 4 is 16.9 Å². The molecule has 0 radical (unpaired) electrons. The molecule has 2 heterocycles. The summed E-state index contributed by atoms with van der Waals surface area (Å²) in [6, 6.07) is 6.47. The number of rotatable bonds is 3. The Bertz CT molecular complexity index is 706. The van der Waals surface area contributed by atoms with Gasteiger partial charge in [0.2, 0.25) is 0 Å². The zero-order chi connectivity index (χ0) is 15.0. The van der Waals surface area contributed by atoms with E-state index in [2.05, 4.69) is 4.98 Å². The van der Waals surface area contributed by atoms with Gasteiger partial charge in [0.05, 0.1) is 5.52 Å². The number of nitrogens with zero attached hydrogens (tertiary/aromatic N) is 2. The molecule has 1 aliphatic rings. The molecule has 1 saturated heterocycles. The Hall–Kier alpha value is -2.05. The van der Waals surface area contributed by atoms with Crippen LogP contribution in [0.25, 0.3) is 10.9 Å². The van der Waals surface area contributed by atoms with Gasteiger partial charge in [-0.2, -0.15) is 0 Å². The fraction of sp³-hybridized carbons (Fsp3) is 0.333. The van der Waals surface area contributed by atoms with Crippen LogP contribution in [0.4, 0.5) is 4.39 Å². The molecule has 0 bridgehead atoms. The van der Waals surface area contributed by atoms with Gasteiger partial charge in [-0.25, -0.2) is 4.39 Å². The molecule has 3 rings (SSSR count). The number of nitrogens with two attached hydrogens (primary N) is 1. The molecule has 6 heteroatoms. The summed E-state index contributed by atoms with van der Waals surface area (Å²) in [6.45, 7) is 1.28. The average Bonchev–Trinajstić information content (AvgIpc) is 2.81. The van der Waals surface area contributed by atoms with Gasteiger partial charge < -0.3 is 10.8 Å². The predicted octanol–water partition coefficient (Wildman–Crippen LogP) is 1.36. The van der Waals surface area contributed by atoms with Crippen LogP contribution in [0.1, 0.15) is 12.0 Å². The van der Waals surface area contributed by atoms with E-state index in [-0.39, 0.29) is 12.4 Å². The largest absolute Gasteiger partial charge is 0.480 e. The summed E-state index contributed by atoms with van der Waals surface area (Å²) in [4.78, 5) is 17.4. The van der Waals surface area contributed by atoms with Gasteiger partial charge in [-0.3, -0.25) is 14.7 Å². The van der Waals surface area contributed by atoms with E-state index in [1.165, 1.54) is 12.1 Å². The lowest BCUT2D eigenvalue weighted by Crippen LogP contribution is -2.50. The molecule has 3 N–H and O–H groups in total. The number of carboxylic acid groups (broad SMARTS) is 1. The van der Waals surface area contributed by atoms with Crippen molar-refractivity contribution < 1.29 is 14.3 Å². The normalized spacial score (nSPS) is 22.8. The standard InChI is InChI=1S/C15H16FN3O2/c16-12-6-10-2-1-4-18-13(10)11(7-12)8-19-5-3-15(17,9-19)14(20)21/h1-2,4,6-7H,3,5,8-9,17H2,(H,20,21). The SMILES string of the molecule is NC1(C(=O)O)CCN(Cc2cc(F)cc3cccnc23)C1. The number of carboxylic acids is 1. The van der Waals surface area contributed by atoms with Crippen LogP contribution in [0.2, 0.25) is 0 Å². The maximum atomic E-state index is 13.7. The number of likely N-dealkylation sites (tertiary alicyclic amines) is 1. The second-order valence-corrected chi connectivity index (χ2v) is 5.56. The average molecular weight is 289 g/mol. The third-order valence-corrected chi connectivity index (χ3v) is 3.95. The van der Waals surface area contributed by atoms with E-state index in [9.17, 15) is 9.18 Å². The first-order valence-corrected chi connectivity index (χ1v) is 6.76. The maximum absolute atomic E-state index is 13.7. The fourth-order valence-electron chi connectivity index (χ4n) is 2.81. The Morgan fingerprint density at radius 3 is 3.05 bits per heavy atom. The minimum Gasteiger partial charge on any atom is -0.480 e. The van der Waals surface area contributed by atoms with Gasteiger partial charge in [-0.1, -0.05) is 6.07 Å². The summed E-state index contributed by atoms with van der Waals surface area (Å²) in [5.74, 6) is -1.31. The minimum atomic E-state index is -1.21. The third kappa shape index (κ3) is 2.59. The molecular formula is C15H16FN3O2. The quantitative estimate of drug-likeness (QED) is 0.892. The lowest BCUT2D eigenvalue weighted by atomic mass is 10.0. The molecule has 21 heavy (non-hydrogen) atoms. The van der Waals surface area contributed by atoms with Crippen molar-refractivity contribution in [1.29, 1.82) is 0 Å². The molecule has 0 amide bonds. The predicted molar refractivity (Wildman–Crippen MR) is 76.1 cm³/mol. The first-order chi connectivity index (χ1) is 9.98. The Labute approximate surface area is 121 Å². The summed E-state index contributed by atoms with van der Waals surface area (Å²) < 4.78 is 13.7. The molecule has 1 aliphatic heterocycles. The van der Waals surface area contributed by atoms with Crippen LogP contribution in [0.5, 0.6) is 0 Å². The number of hydrogen-bond donors (Lipinski definition) is 2. The fourth-order valence-corrected chi connectivity index (χ4v) is 2.81. The van der Waals surface area contributed by atoms with Crippen LogP contribution >= 0.6 is 0 Å². The van der Waals surface area contributed by atoms with Crippen LogP contribution in [0, 0.1) is 5.82 Å². The van der Waals surface area contributed by atoms with E-state index >= 15 is 0 Å². The minimum absolute atomic E-state index is 0.257. The Morgan fingerprint density at radius 2 is 2.33 bits per heavy atom. The number of halogens is 1. The third-order valence-electron chi connectivity index (χ3n) is 3.95. The Balaban J connectivity index is 1.88. The molecule has 110 valence electrons. The van der Waals surface area contributed by atoms with Crippen molar-refractivity contribution in [2.75, 3.05) is 13.1 Å². The van der Waals surface area contributed by atoms with Gasteiger partial charge in [-0.05, 0) is 30.2 Å². The van der Waals surface area contributed by atoms with Gasteiger partial charge in [0, 0.05) is 31.2 Å². The van der Waals surface area contributed by atoms with Crippen LogP contribution in [-0.2, 0) is 11.3 Å². The second kappa shape index (κ2) is 5.05. The lowest BCUT2D eigenvalue weighted by Gasteiger charge is -2.20. The van der Waals surface area contributed by atoms with Crippen molar-refractivity contribution in [2.24, 2.45) is 5.73 Å². The van der Waals surface area contributed by atoms with E-state index in [0.717, 1.165) is 16.5 Å². The van der Waals surface area contributed by atoms with E-state index in [1.807, 2.05) is 11.0 Å². The summed E-state index contributed by atoms with van der Waals surface area (Å²) in [5, 5.41) is 9.89. The van der Waals surface area contributed by atoms with Gasteiger partial charge in [-0.15, -0.1) is 0 Å². The molecular weight excluding hydrogens is 273 g/mol. The molecule has 1 unspecified atom stereocenters. The van der Waals surface area contributed by atoms with Crippen molar-refractivity contribution in [3.63, 3.8) is 0 Å². The highest BCUT2D eigenvalue weighted by Gasteiger charge is 2.41. The number of aliphatic carboxylic acids is 1. The van der Waals surface area contributed by atoms with Crippen molar-refractivity contribution in [3.8, 4) is 0 Å². The zero-order valence-electron chi connectivity index (χ0n) is 11.4. The van der Waals surface area contributed by atoms with Crippen LogP contribution in [0.3, 0.4) is 0 Å². The smallest absolute Gasteiger partial charge is 0.325 e. The number of pyridine rings is 1. The monoisotopic (exact) mass is 289 g/mol. The molecule has 0 saturated carbocycles. The van der Waals surface area contributed by atoms with E-state index in [1.54, 1.807) is 12.3 Å². The summed E-state index contributed by atoms with van der Waals surface area (Å²) in [5.41, 5.74) is 6.14. The summed E-state index contributed by atoms with van der Waals surface area (Å²) in [6.07, 6.45) is 2.06. The van der Waals surface area contributed by atoms with Crippen LogP contribution < -0.4 is 5.73 Å². The van der Waals surface area contributed by atoms with Gasteiger partial charge >= 0.3 is 5.97 Å². The van der Waals surface area contributed by atoms with Crippen molar-refractivity contribution in [1.82, 2.24) is 9.88 Å². The van der Waals surface area contributed by atoms with E-state index < -0.39 is 11.5 Å². The number of aromatic nitrogens is 1. The molecule has 0 aliphatic carbocycles. The Kier molecular flexibility index (Phi) is 3.35. The molecule has 2 aromatic rings. The zero-order valence-corrected chi connectivity index (χ0v) is 11.4. The topological polar surface area (TPSA) is 79.5 Å².